The molecule has 0 aromatic rings. The third kappa shape index (κ3) is 6.75. The molecule has 21 heavy (non-hydrogen) atoms. The van der Waals surface area contributed by atoms with Crippen LogP contribution in [0.4, 0.5) is 0 Å². The summed E-state index contributed by atoms with van der Waals surface area (Å²) in [6.45, 7) is 6.53. The van der Waals surface area contributed by atoms with E-state index in [0.29, 0.717) is 0 Å². The number of carbonyl (C=O) groups is 3. The van der Waals surface area contributed by atoms with E-state index in [1.54, 1.807) is 20.8 Å². The van der Waals surface area contributed by atoms with E-state index >= 15 is 0 Å². The van der Waals surface area contributed by atoms with Gasteiger partial charge in [-0.1, -0.05) is 13.8 Å². The first kappa shape index (κ1) is 18.9. The van der Waals surface area contributed by atoms with E-state index in [-0.39, 0.29) is 18.2 Å². The van der Waals surface area contributed by atoms with Crippen LogP contribution in [-0.2, 0) is 19.1 Å². The van der Waals surface area contributed by atoms with E-state index in [1.165, 1.54) is 14.0 Å². The Morgan fingerprint density at radius 1 is 1.19 bits per heavy atom. The van der Waals surface area contributed by atoms with Gasteiger partial charge in [0.1, 0.15) is 12.1 Å². The number of nitrogens with zero attached hydrogens (tertiary/aromatic N) is 1. The van der Waals surface area contributed by atoms with Crippen molar-refractivity contribution in [2.24, 2.45) is 11.8 Å². The smallest absolute Gasteiger partial charge is 0.328 e. The SMILES string of the molecule is COC(=O)[C@@H](C[C@H](C)C#N)NC(=O)[C@H](NC(C)=O)C(C)C. The van der Waals surface area contributed by atoms with Crippen molar-refractivity contribution < 1.29 is 19.1 Å². The molecule has 0 aliphatic carbocycles. The highest BCUT2D eigenvalue weighted by atomic mass is 16.5. The Balaban J connectivity index is 4.96. The molecule has 118 valence electrons. The van der Waals surface area contributed by atoms with Gasteiger partial charge in [-0.05, 0) is 19.3 Å². The molecule has 0 aromatic heterocycles. The average Bonchev–Trinajstić information content (AvgIpc) is 2.42. The molecular formula is C14H23N3O4. The lowest BCUT2D eigenvalue weighted by Crippen LogP contribution is -2.53. The van der Waals surface area contributed by atoms with Crippen molar-refractivity contribution in [3.63, 3.8) is 0 Å². The standard InChI is InChI=1S/C14H23N3O4/c1-8(2)12(16-10(4)18)13(19)17-11(14(20)21-5)6-9(3)7-15/h8-9,11-12H,6H2,1-5H3,(H,16,18)(H,17,19)/t9-,11+,12+/m0/s1. The fraction of sp³-hybridized carbons (Fsp3) is 0.714. The Morgan fingerprint density at radius 2 is 1.76 bits per heavy atom. The normalized spacial score (nSPS) is 14.5. The molecule has 0 spiro atoms. The summed E-state index contributed by atoms with van der Waals surface area (Å²) >= 11 is 0. The average molecular weight is 297 g/mol. The topological polar surface area (TPSA) is 108 Å². The van der Waals surface area contributed by atoms with Gasteiger partial charge in [0.15, 0.2) is 0 Å². The first-order valence-electron chi connectivity index (χ1n) is 6.77. The molecule has 0 heterocycles. The number of methoxy groups -OCH3 is 1. The van der Waals surface area contributed by atoms with Gasteiger partial charge in [0.05, 0.1) is 13.2 Å². The third-order valence-corrected chi connectivity index (χ3v) is 2.92. The first-order chi connectivity index (χ1) is 9.72. The third-order valence-electron chi connectivity index (χ3n) is 2.92. The maximum atomic E-state index is 12.2. The van der Waals surface area contributed by atoms with Gasteiger partial charge in [0.2, 0.25) is 11.8 Å². The summed E-state index contributed by atoms with van der Waals surface area (Å²) in [6, 6.07) is 0.349. The Hall–Kier alpha value is -2.10. The van der Waals surface area contributed by atoms with Gasteiger partial charge in [0.25, 0.3) is 0 Å². The number of esters is 1. The fourth-order valence-corrected chi connectivity index (χ4v) is 1.78. The van der Waals surface area contributed by atoms with Gasteiger partial charge in [-0.3, -0.25) is 9.59 Å². The summed E-state index contributed by atoms with van der Waals surface area (Å²) in [5.41, 5.74) is 0. The van der Waals surface area contributed by atoms with Crippen LogP contribution in [0.25, 0.3) is 0 Å². The maximum Gasteiger partial charge on any atom is 0.328 e. The van der Waals surface area contributed by atoms with Crippen molar-refractivity contribution in [2.45, 2.75) is 46.2 Å². The van der Waals surface area contributed by atoms with Crippen molar-refractivity contribution in [3.05, 3.63) is 0 Å². The second kappa shape index (κ2) is 8.95. The Kier molecular flexibility index (Phi) is 8.06. The number of hydrogen-bond donors (Lipinski definition) is 2. The van der Waals surface area contributed by atoms with E-state index in [2.05, 4.69) is 15.4 Å². The van der Waals surface area contributed by atoms with E-state index in [1.807, 2.05) is 6.07 Å². The Bertz CT molecular complexity index is 428. The fourth-order valence-electron chi connectivity index (χ4n) is 1.78. The van der Waals surface area contributed by atoms with Crippen LogP contribution in [0.1, 0.15) is 34.1 Å². The number of carbonyl (C=O) groups excluding carboxylic acids is 3. The van der Waals surface area contributed by atoms with Gasteiger partial charge in [-0.25, -0.2) is 4.79 Å². The number of nitriles is 1. The first-order valence-corrected chi connectivity index (χ1v) is 6.77. The lowest BCUT2D eigenvalue weighted by atomic mass is 10.00. The van der Waals surface area contributed by atoms with E-state index in [0.717, 1.165) is 0 Å². The summed E-state index contributed by atoms with van der Waals surface area (Å²) in [4.78, 5) is 35.0. The molecule has 0 aliphatic heterocycles. The van der Waals surface area contributed by atoms with E-state index in [4.69, 9.17) is 5.26 Å². The van der Waals surface area contributed by atoms with Gasteiger partial charge < -0.3 is 15.4 Å². The van der Waals surface area contributed by atoms with Gasteiger partial charge in [-0.15, -0.1) is 0 Å². The van der Waals surface area contributed by atoms with Crippen LogP contribution in [0.2, 0.25) is 0 Å². The number of nitrogens with one attached hydrogen (secondary N) is 2. The van der Waals surface area contributed by atoms with Crippen LogP contribution in [0, 0.1) is 23.2 Å². The molecule has 2 amide bonds. The van der Waals surface area contributed by atoms with Crippen LogP contribution >= 0.6 is 0 Å². The predicted octanol–water partition coefficient (Wildman–Crippen LogP) is 0.355. The zero-order valence-corrected chi connectivity index (χ0v) is 13.1. The van der Waals surface area contributed by atoms with Gasteiger partial charge in [-0.2, -0.15) is 5.26 Å². The second-order valence-corrected chi connectivity index (χ2v) is 5.27. The van der Waals surface area contributed by atoms with Gasteiger partial charge in [0, 0.05) is 12.8 Å². The quantitative estimate of drug-likeness (QED) is 0.659. The monoisotopic (exact) mass is 297 g/mol. The van der Waals surface area contributed by atoms with E-state index in [9.17, 15) is 14.4 Å². The zero-order valence-electron chi connectivity index (χ0n) is 13.1. The van der Waals surface area contributed by atoms with Crippen LogP contribution in [-0.4, -0.2) is 37.0 Å². The molecule has 0 unspecified atom stereocenters. The Labute approximate surface area is 125 Å². The molecule has 0 aliphatic rings. The van der Waals surface area contributed by atoms with Crippen LogP contribution in [0.15, 0.2) is 0 Å². The van der Waals surface area contributed by atoms with Gasteiger partial charge >= 0.3 is 5.97 Å². The number of hydrogen-bond acceptors (Lipinski definition) is 5. The lowest BCUT2D eigenvalue weighted by molar-refractivity contribution is -0.146. The highest BCUT2D eigenvalue weighted by Crippen LogP contribution is 2.08. The minimum Gasteiger partial charge on any atom is -0.467 e. The summed E-state index contributed by atoms with van der Waals surface area (Å²) in [6.07, 6.45) is 0.153. The predicted molar refractivity (Wildman–Crippen MR) is 75.8 cm³/mol. The number of ether oxygens (including phenoxy) is 1. The lowest BCUT2D eigenvalue weighted by Gasteiger charge is -2.24. The molecular weight excluding hydrogens is 274 g/mol. The summed E-state index contributed by atoms with van der Waals surface area (Å²) in [5.74, 6) is -1.96. The maximum absolute atomic E-state index is 12.2. The van der Waals surface area contributed by atoms with Crippen molar-refractivity contribution in [3.8, 4) is 6.07 Å². The van der Waals surface area contributed by atoms with Crippen molar-refractivity contribution >= 4 is 17.8 Å². The molecule has 7 heteroatoms. The molecule has 3 atom stereocenters. The van der Waals surface area contributed by atoms with E-state index < -0.39 is 29.9 Å². The largest absolute Gasteiger partial charge is 0.467 e. The zero-order chi connectivity index (χ0) is 16.6. The molecule has 7 nitrogen and oxygen atoms in total. The molecule has 2 N–H and O–H groups in total. The van der Waals surface area contributed by atoms with Crippen LogP contribution in [0.5, 0.6) is 0 Å². The van der Waals surface area contributed by atoms with Crippen molar-refractivity contribution in [1.29, 1.82) is 5.26 Å². The minimum absolute atomic E-state index is 0.138. The van der Waals surface area contributed by atoms with Crippen LogP contribution < -0.4 is 10.6 Å². The minimum atomic E-state index is -0.910. The molecule has 0 saturated carbocycles. The van der Waals surface area contributed by atoms with Crippen molar-refractivity contribution in [2.75, 3.05) is 7.11 Å². The second-order valence-electron chi connectivity index (χ2n) is 5.27. The van der Waals surface area contributed by atoms with Crippen LogP contribution in [0.3, 0.4) is 0 Å². The Morgan fingerprint density at radius 3 is 2.14 bits per heavy atom. The molecule has 0 bridgehead atoms. The summed E-state index contributed by atoms with van der Waals surface area (Å²) < 4.78 is 4.63. The van der Waals surface area contributed by atoms with Crippen molar-refractivity contribution in [1.82, 2.24) is 10.6 Å². The number of rotatable bonds is 7. The molecule has 0 radical (unpaired) electrons. The highest BCUT2D eigenvalue weighted by Gasteiger charge is 2.29. The summed E-state index contributed by atoms with van der Waals surface area (Å²) in [5, 5.41) is 13.9. The molecule has 0 saturated heterocycles. The molecule has 0 rings (SSSR count). The number of amides is 2. The summed E-state index contributed by atoms with van der Waals surface area (Å²) in [7, 11) is 1.21. The molecule has 0 aromatic carbocycles. The highest BCUT2D eigenvalue weighted by molar-refractivity contribution is 5.90. The molecule has 0 fully saturated rings.